The van der Waals surface area contributed by atoms with E-state index < -0.39 is 9.84 Å². The molecule has 1 unspecified atom stereocenters. The van der Waals surface area contributed by atoms with Gasteiger partial charge >= 0.3 is 0 Å². The first-order valence-corrected chi connectivity index (χ1v) is 10.5. The molecule has 1 aliphatic carbocycles. The van der Waals surface area contributed by atoms with Crippen molar-refractivity contribution < 1.29 is 8.42 Å². The van der Waals surface area contributed by atoms with Crippen molar-refractivity contribution in [3.05, 3.63) is 24.3 Å². The number of benzene rings is 1. The van der Waals surface area contributed by atoms with Crippen molar-refractivity contribution in [1.29, 1.82) is 0 Å². The van der Waals surface area contributed by atoms with E-state index in [2.05, 4.69) is 5.32 Å². The van der Waals surface area contributed by atoms with E-state index in [-0.39, 0.29) is 0 Å². The summed E-state index contributed by atoms with van der Waals surface area (Å²) in [4.78, 5) is 1.53. The molecule has 1 aliphatic rings. The lowest BCUT2D eigenvalue weighted by Crippen LogP contribution is -2.36. The van der Waals surface area contributed by atoms with Crippen molar-refractivity contribution in [2.24, 2.45) is 5.92 Å². The maximum Gasteiger partial charge on any atom is 0.175 e. The van der Waals surface area contributed by atoms with E-state index in [4.69, 9.17) is 0 Å². The minimum absolute atomic E-state index is 0.393. The zero-order valence-electron chi connectivity index (χ0n) is 12.8. The van der Waals surface area contributed by atoms with Crippen molar-refractivity contribution in [1.82, 2.24) is 5.32 Å². The fraction of sp³-hybridized carbons (Fsp3) is 0.625. The van der Waals surface area contributed by atoms with Gasteiger partial charge < -0.3 is 5.32 Å². The third kappa shape index (κ3) is 5.01. The fourth-order valence-electron chi connectivity index (χ4n) is 2.96. The van der Waals surface area contributed by atoms with Gasteiger partial charge in [0.2, 0.25) is 0 Å². The molecule has 5 heteroatoms. The molecule has 1 fully saturated rings. The van der Waals surface area contributed by atoms with E-state index in [0.29, 0.717) is 10.9 Å². The average Bonchev–Trinajstić information content (AvgIpc) is 2.48. The van der Waals surface area contributed by atoms with E-state index in [0.717, 1.165) is 16.6 Å². The van der Waals surface area contributed by atoms with Gasteiger partial charge in [-0.05, 0) is 50.1 Å². The van der Waals surface area contributed by atoms with E-state index in [9.17, 15) is 8.42 Å². The van der Waals surface area contributed by atoms with Crippen LogP contribution in [-0.4, -0.2) is 33.5 Å². The van der Waals surface area contributed by atoms with E-state index >= 15 is 0 Å². The predicted octanol–water partition coefficient (Wildman–Crippen LogP) is 3.35. The molecule has 0 aliphatic heterocycles. The summed E-state index contributed by atoms with van der Waals surface area (Å²) in [6.07, 6.45) is 8.01. The topological polar surface area (TPSA) is 46.2 Å². The molecule has 1 atom stereocenters. The van der Waals surface area contributed by atoms with Crippen LogP contribution in [0.2, 0.25) is 0 Å². The molecule has 0 spiro atoms. The molecule has 0 amide bonds. The second kappa shape index (κ2) is 7.65. The molecule has 0 saturated heterocycles. The number of hydrogen-bond acceptors (Lipinski definition) is 4. The lowest BCUT2D eigenvalue weighted by atomic mass is 9.84. The smallest absolute Gasteiger partial charge is 0.175 e. The number of rotatable bonds is 6. The van der Waals surface area contributed by atoms with E-state index in [1.165, 1.54) is 38.4 Å². The quantitative estimate of drug-likeness (QED) is 0.814. The molecule has 0 aromatic heterocycles. The molecule has 2 rings (SSSR count). The number of sulfone groups is 1. The van der Waals surface area contributed by atoms with Gasteiger partial charge in [-0.1, -0.05) is 19.3 Å². The summed E-state index contributed by atoms with van der Waals surface area (Å²) in [5, 5.41) is 3.46. The Hall–Kier alpha value is -0.520. The molecule has 21 heavy (non-hydrogen) atoms. The average molecular weight is 328 g/mol. The van der Waals surface area contributed by atoms with Crippen LogP contribution in [0.1, 0.15) is 32.1 Å². The molecule has 1 saturated carbocycles. The van der Waals surface area contributed by atoms with Crippen LogP contribution < -0.4 is 5.32 Å². The second-order valence-corrected chi connectivity index (χ2v) is 8.96. The van der Waals surface area contributed by atoms with Crippen LogP contribution in [0.3, 0.4) is 0 Å². The van der Waals surface area contributed by atoms with Crippen LogP contribution in [0, 0.1) is 5.92 Å². The minimum Gasteiger partial charge on any atom is -0.316 e. The van der Waals surface area contributed by atoms with Crippen molar-refractivity contribution >= 4 is 21.6 Å². The van der Waals surface area contributed by atoms with Crippen molar-refractivity contribution in [3.63, 3.8) is 0 Å². The second-order valence-electron chi connectivity index (χ2n) is 5.85. The van der Waals surface area contributed by atoms with Gasteiger partial charge in [-0.3, -0.25) is 0 Å². The summed E-state index contributed by atoms with van der Waals surface area (Å²) in [7, 11) is -1.05. The highest BCUT2D eigenvalue weighted by atomic mass is 32.2. The molecule has 0 bridgehead atoms. The van der Waals surface area contributed by atoms with Gasteiger partial charge in [0.25, 0.3) is 0 Å². The summed E-state index contributed by atoms with van der Waals surface area (Å²) in [6, 6.07) is 7.77. The third-order valence-corrected chi connectivity index (χ3v) is 6.53. The Morgan fingerprint density at radius 1 is 1.19 bits per heavy atom. The Labute approximate surface area is 132 Å². The summed E-state index contributed by atoms with van der Waals surface area (Å²) in [6.45, 7) is 0. The molecular weight excluding hydrogens is 302 g/mol. The van der Waals surface area contributed by atoms with Crippen molar-refractivity contribution in [3.8, 4) is 0 Å². The Balaban J connectivity index is 1.91. The Morgan fingerprint density at radius 2 is 1.81 bits per heavy atom. The molecule has 118 valence electrons. The SMILES string of the molecule is CNC(CSc1ccc(S(C)(=O)=O)cc1)C1CCCCC1. The van der Waals surface area contributed by atoms with Crippen LogP contribution >= 0.6 is 11.8 Å². The fourth-order valence-corrected chi connectivity index (χ4v) is 4.73. The standard InChI is InChI=1S/C16H25NO2S2/c1-17-16(13-6-4-3-5-7-13)12-20-14-8-10-15(11-9-14)21(2,18)19/h8-11,13,16-17H,3-7,12H2,1-2H3. The van der Waals surface area contributed by atoms with Gasteiger partial charge in [0.1, 0.15) is 0 Å². The van der Waals surface area contributed by atoms with Gasteiger partial charge in [-0.2, -0.15) is 0 Å². The highest BCUT2D eigenvalue weighted by Gasteiger charge is 2.22. The monoisotopic (exact) mass is 327 g/mol. The van der Waals surface area contributed by atoms with Crippen LogP contribution in [0.15, 0.2) is 34.1 Å². The van der Waals surface area contributed by atoms with Gasteiger partial charge in [-0.25, -0.2) is 8.42 Å². The van der Waals surface area contributed by atoms with E-state index in [1.807, 2.05) is 30.9 Å². The molecule has 3 nitrogen and oxygen atoms in total. The van der Waals surface area contributed by atoms with Gasteiger partial charge in [0, 0.05) is 22.9 Å². The Morgan fingerprint density at radius 3 is 2.33 bits per heavy atom. The van der Waals surface area contributed by atoms with Crippen LogP contribution in [-0.2, 0) is 9.84 Å². The summed E-state index contributed by atoms with van der Waals surface area (Å²) >= 11 is 1.81. The zero-order chi connectivity index (χ0) is 15.3. The molecule has 0 heterocycles. The maximum absolute atomic E-state index is 11.4. The summed E-state index contributed by atoms with van der Waals surface area (Å²) in [5.41, 5.74) is 0. The predicted molar refractivity (Wildman–Crippen MR) is 89.7 cm³/mol. The highest BCUT2D eigenvalue weighted by molar-refractivity contribution is 7.99. The van der Waals surface area contributed by atoms with Crippen molar-refractivity contribution in [2.45, 2.75) is 47.9 Å². The molecule has 0 radical (unpaired) electrons. The maximum atomic E-state index is 11.4. The normalized spacial score (nSPS) is 18.6. The summed E-state index contributed by atoms with van der Waals surface area (Å²) in [5.74, 6) is 1.82. The Bertz CT molecular complexity index is 534. The van der Waals surface area contributed by atoms with Gasteiger partial charge in [-0.15, -0.1) is 11.8 Å². The molecule has 1 aromatic carbocycles. The first-order valence-electron chi connectivity index (χ1n) is 7.61. The summed E-state index contributed by atoms with van der Waals surface area (Å²) < 4.78 is 22.9. The van der Waals surface area contributed by atoms with Crippen LogP contribution in [0.4, 0.5) is 0 Å². The number of nitrogens with one attached hydrogen (secondary N) is 1. The van der Waals surface area contributed by atoms with Gasteiger partial charge in [0.15, 0.2) is 9.84 Å². The molecular formula is C16H25NO2S2. The first-order chi connectivity index (χ1) is 10.0. The number of thioether (sulfide) groups is 1. The van der Waals surface area contributed by atoms with Crippen molar-refractivity contribution in [2.75, 3.05) is 19.1 Å². The lowest BCUT2D eigenvalue weighted by Gasteiger charge is -2.29. The van der Waals surface area contributed by atoms with E-state index in [1.54, 1.807) is 12.1 Å². The highest BCUT2D eigenvalue weighted by Crippen LogP contribution is 2.30. The van der Waals surface area contributed by atoms with Crippen LogP contribution in [0.5, 0.6) is 0 Å². The zero-order valence-corrected chi connectivity index (χ0v) is 14.5. The van der Waals surface area contributed by atoms with Gasteiger partial charge in [0.05, 0.1) is 4.90 Å². The largest absolute Gasteiger partial charge is 0.316 e. The number of hydrogen-bond donors (Lipinski definition) is 1. The molecule has 1 aromatic rings. The Kier molecular flexibility index (Phi) is 6.14. The molecule has 1 N–H and O–H groups in total. The minimum atomic E-state index is -3.09. The third-order valence-electron chi connectivity index (χ3n) is 4.27. The first kappa shape index (κ1) is 16.8. The van der Waals surface area contributed by atoms with Crippen LogP contribution in [0.25, 0.3) is 0 Å². The lowest BCUT2D eigenvalue weighted by molar-refractivity contribution is 0.294.